The van der Waals surface area contributed by atoms with Gasteiger partial charge in [0.15, 0.2) is 0 Å². The third kappa shape index (κ3) is 10.9. The summed E-state index contributed by atoms with van der Waals surface area (Å²) in [4.78, 5) is 0. The summed E-state index contributed by atoms with van der Waals surface area (Å²) in [6, 6.07) is 0. The Bertz CT molecular complexity index is 9.61. The molecule has 1 aliphatic heterocycles. The molecule has 0 aromatic heterocycles. The van der Waals surface area contributed by atoms with Crippen molar-refractivity contribution in [1.29, 1.82) is 0 Å². The standard InChI is InChI=1S/O2.H2O.2Ti/c1-2;;;/h;1H2;;/q-2;;;+2. The first-order chi connectivity index (χ1) is 1.50. The Morgan fingerprint density at radius 3 is 1.40 bits per heavy atom. The van der Waals surface area contributed by atoms with Gasteiger partial charge in [0, 0.05) is 21.7 Å². The van der Waals surface area contributed by atoms with Crippen LogP contribution >= 0.6 is 0 Å². The molecule has 0 radical (unpaired) electrons. The maximum absolute atomic E-state index is 4.12. The van der Waals surface area contributed by atoms with Gasteiger partial charge in [0.1, 0.15) is 0 Å². The Morgan fingerprint density at radius 2 is 1.40 bits per heavy atom. The molecule has 28 valence electrons. The Kier molecular flexibility index (Phi) is 10.2. The first-order valence-corrected chi connectivity index (χ1v) is 1.85. The Balaban J connectivity index is 0. The van der Waals surface area contributed by atoms with Crippen molar-refractivity contribution in [1.82, 2.24) is 0 Å². The van der Waals surface area contributed by atoms with Gasteiger partial charge in [0.25, 0.3) is 0 Å². The molecule has 0 spiro atoms. The Hall–Kier alpha value is 1.31. The van der Waals surface area contributed by atoms with E-state index in [1.165, 1.54) is 0 Å². The minimum Gasteiger partial charge on any atom is 0 e. The van der Waals surface area contributed by atoms with Crippen LogP contribution in [-0.4, -0.2) is 5.48 Å². The summed E-state index contributed by atoms with van der Waals surface area (Å²) >= 11 is -0.250. The molecule has 1 fully saturated rings. The summed E-state index contributed by atoms with van der Waals surface area (Å²) in [7, 11) is 0. The molecule has 0 bridgehead atoms. The average Bonchev–Trinajstić information content (AvgIpc) is 1.46. The van der Waals surface area contributed by atoms with Crippen LogP contribution in [0.5, 0.6) is 0 Å². The maximum atomic E-state index is 4.12. The topological polar surface area (TPSA) is 56.6 Å². The van der Waals surface area contributed by atoms with E-state index >= 15 is 0 Å². The van der Waals surface area contributed by atoms with Crippen molar-refractivity contribution >= 4 is 0 Å². The molecule has 1 aliphatic rings. The molecular weight excluding hydrogens is 144 g/mol. The van der Waals surface area contributed by atoms with E-state index in [4.69, 9.17) is 0 Å². The summed E-state index contributed by atoms with van der Waals surface area (Å²) in [5.74, 6) is 0. The zero-order chi connectivity index (χ0) is 2.12. The van der Waals surface area contributed by atoms with Gasteiger partial charge in [-0.2, -0.15) is 0 Å². The quantitative estimate of drug-likeness (QED) is 0.250. The molecule has 0 atom stereocenters. The molecule has 1 heterocycles. The summed E-state index contributed by atoms with van der Waals surface area (Å²) < 4.78 is 8.25. The Morgan fingerprint density at radius 1 is 1.20 bits per heavy atom. The van der Waals surface area contributed by atoms with Crippen LogP contribution in [0.3, 0.4) is 0 Å². The molecular formula is H2O3Ti2. The zero-order valence-corrected chi connectivity index (χ0v) is 5.44. The van der Waals surface area contributed by atoms with E-state index in [9.17, 15) is 0 Å². The second kappa shape index (κ2) is 5.31. The first kappa shape index (κ1) is 9.58. The minimum atomic E-state index is -0.250. The predicted octanol–water partition coefficient (Wildman–Crippen LogP) is -0.967. The van der Waals surface area contributed by atoms with Gasteiger partial charge in [0.05, 0.1) is 0 Å². The molecule has 2 N–H and O–H groups in total. The van der Waals surface area contributed by atoms with Crippen LogP contribution in [0.4, 0.5) is 0 Å². The van der Waals surface area contributed by atoms with Crippen molar-refractivity contribution in [2.75, 3.05) is 0 Å². The average molecular weight is 146 g/mol. The van der Waals surface area contributed by atoms with Crippen molar-refractivity contribution in [3.05, 3.63) is 0 Å². The van der Waals surface area contributed by atoms with Crippen molar-refractivity contribution in [3.63, 3.8) is 0 Å². The van der Waals surface area contributed by atoms with E-state index in [0.29, 0.717) is 0 Å². The molecule has 0 aliphatic carbocycles. The largest absolute Gasteiger partial charge is 0 e. The second-order valence-electron chi connectivity index (χ2n) is 0.250. The molecule has 0 unspecified atom stereocenters. The molecule has 1 saturated heterocycles. The zero-order valence-electron chi connectivity index (χ0n) is 2.32. The Labute approximate surface area is 54.0 Å². The smallest absolute Gasteiger partial charge is 0 e. The monoisotopic (exact) mass is 146 g/mol. The van der Waals surface area contributed by atoms with Gasteiger partial charge in [-0.05, 0) is 0 Å². The predicted molar refractivity (Wildman–Crippen MR) is 5.78 cm³/mol. The van der Waals surface area contributed by atoms with Crippen LogP contribution in [0.2, 0.25) is 0 Å². The fraction of sp³-hybridized carbons (Fsp3) is 0. The van der Waals surface area contributed by atoms with Gasteiger partial charge in [-0.1, -0.05) is 0 Å². The number of rotatable bonds is 0. The van der Waals surface area contributed by atoms with Gasteiger partial charge >= 0.3 is 26.9 Å². The van der Waals surface area contributed by atoms with Crippen LogP contribution in [0.1, 0.15) is 0 Å². The van der Waals surface area contributed by atoms with Crippen LogP contribution in [0, 0.1) is 0 Å². The molecule has 5 heteroatoms. The van der Waals surface area contributed by atoms with E-state index in [0.717, 1.165) is 0 Å². The fourth-order valence-electron chi connectivity index (χ4n) is 0. The summed E-state index contributed by atoms with van der Waals surface area (Å²) in [5, 5.41) is 0. The van der Waals surface area contributed by atoms with E-state index in [-0.39, 0.29) is 47.1 Å². The third-order valence-electron chi connectivity index (χ3n) is 0.0833. The van der Waals surface area contributed by atoms with Gasteiger partial charge in [0.2, 0.25) is 0 Å². The van der Waals surface area contributed by atoms with Crippen molar-refractivity contribution < 1.29 is 54.1 Å². The number of hydrogen-bond acceptors (Lipinski definition) is 2. The molecule has 0 aromatic rings. The molecule has 0 amide bonds. The third-order valence-corrected chi connectivity index (χ3v) is 0.344. The van der Waals surface area contributed by atoms with Gasteiger partial charge in [-0.3, -0.25) is 0 Å². The van der Waals surface area contributed by atoms with Crippen LogP contribution in [0.15, 0.2) is 0 Å². The van der Waals surface area contributed by atoms with Crippen LogP contribution < -0.4 is 0 Å². The minimum absolute atomic E-state index is 0. The van der Waals surface area contributed by atoms with Crippen molar-refractivity contribution in [2.45, 2.75) is 0 Å². The molecule has 3 nitrogen and oxygen atoms in total. The molecule has 5 heavy (non-hydrogen) atoms. The SMILES string of the molecule is O.[O]1[O][Ti]1.[Ti]. The maximum Gasteiger partial charge on any atom is 0 e. The van der Waals surface area contributed by atoms with Crippen LogP contribution in [-0.2, 0) is 48.6 Å². The summed E-state index contributed by atoms with van der Waals surface area (Å²) in [6.07, 6.45) is 0. The van der Waals surface area contributed by atoms with Crippen LogP contribution in [0.25, 0.3) is 0 Å². The van der Waals surface area contributed by atoms with E-state index in [1.807, 2.05) is 0 Å². The first-order valence-electron chi connectivity index (χ1n) is 0.575. The molecule has 0 aromatic carbocycles. The number of hydrogen-bond donors (Lipinski definition) is 0. The van der Waals surface area contributed by atoms with Gasteiger partial charge < -0.3 is 5.48 Å². The van der Waals surface area contributed by atoms with E-state index < -0.39 is 0 Å². The van der Waals surface area contributed by atoms with E-state index in [2.05, 4.69) is 6.94 Å². The van der Waals surface area contributed by atoms with E-state index in [1.54, 1.807) is 0 Å². The molecule has 1 rings (SSSR count). The van der Waals surface area contributed by atoms with Crippen molar-refractivity contribution in [3.8, 4) is 0 Å². The van der Waals surface area contributed by atoms with Crippen molar-refractivity contribution in [2.24, 2.45) is 0 Å². The summed E-state index contributed by atoms with van der Waals surface area (Å²) in [5.41, 5.74) is 0. The second-order valence-corrected chi connectivity index (χ2v) is 1.03. The summed E-state index contributed by atoms with van der Waals surface area (Å²) in [6.45, 7) is 0. The normalized spacial score (nSPS) is 12.8. The molecule has 0 saturated carbocycles. The van der Waals surface area contributed by atoms with Gasteiger partial charge in [-0.15, -0.1) is 0 Å². The van der Waals surface area contributed by atoms with Gasteiger partial charge in [-0.25, -0.2) is 0 Å². The fourth-order valence-corrected chi connectivity index (χ4v) is 0.